The Hall–Kier alpha value is -0.610. The lowest BCUT2D eigenvalue weighted by Crippen LogP contribution is -2.58. The number of nitrogens with one attached hydrogen (secondary N) is 1. The van der Waals surface area contributed by atoms with Gasteiger partial charge in [-0.05, 0) is 13.8 Å². The van der Waals surface area contributed by atoms with Crippen LogP contribution in [0.5, 0.6) is 0 Å². The fourth-order valence-electron chi connectivity index (χ4n) is 1.26. The van der Waals surface area contributed by atoms with E-state index in [4.69, 9.17) is 4.74 Å². The van der Waals surface area contributed by atoms with Crippen LogP contribution < -0.4 is 5.32 Å². The standard InChI is InChI=1S/C8H15NO3/c1-8(2)5-12-4-6(9-8)7(10)11-3/h6,9H,4-5H2,1-3H3/t6-/m1/s1. The van der Waals surface area contributed by atoms with E-state index < -0.39 is 0 Å². The maximum absolute atomic E-state index is 11.1. The van der Waals surface area contributed by atoms with Crippen LogP contribution in [0.4, 0.5) is 0 Å². The maximum Gasteiger partial charge on any atom is 0.325 e. The molecule has 1 N–H and O–H groups in total. The van der Waals surface area contributed by atoms with Gasteiger partial charge in [0, 0.05) is 5.54 Å². The minimum atomic E-state index is -0.321. The summed E-state index contributed by atoms with van der Waals surface area (Å²) in [4.78, 5) is 11.1. The Morgan fingerprint density at radius 2 is 2.33 bits per heavy atom. The maximum atomic E-state index is 11.1. The third-order valence-corrected chi connectivity index (χ3v) is 1.80. The lowest BCUT2D eigenvalue weighted by Gasteiger charge is -2.35. The number of hydrogen-bond donors (Lipinski definition) is 1. The second-order valence-electron chi connectivity index (χ2n) is 3.62. The Morgan fingerprint density at radius 1 is 1.67 bits per heavy atom. The van der Waals surface area contributed by atoms with Gasteiger partial charge < -0.3 is 9.47 Å². The van der Waals surface area contributed by atoms with Crippen molar-refractivity contribution in [3.63, 3.8) is 0 Å². The Balaban J connectivity index is 2.52. The highest BCUT2D eigenvalue weighted by Crippen LogP contribution is 2.10. The first-order valence-electron chi connectivity index (χ1n) is 3.98. The number of methoxy groups -OCH3 is 1. The smallest absolute Gasteiger partial charge is 0.325 e. The van der Waals surface area contributed by atoms with E-state index in [2.05, 4.69) is 10.1 Å². The summed E-state index contributed by atoms with van der Waals surface area (Å²) in [6, 6.07) is -0.321. The van der Waals surface area contributed by atoms with Gasteiger partial charge >= 0.3 is 5.97 Å². The molecule has 0 unspecified atom stereocenters. The fraction of sp³-hybridized carbons (Fsp3) is 0.875. The highest BCUT2D eigenvalue weighted by atomic mass is 16.5. The van der Waals surface area contributed by atoms with Gasteiger partial charge in [-0.15, -0.1) is 0 Å². The van der Waals surface area contributed by atoms with Gasteiger partial charge in [0.05, 0.1) is 20.3 Å². The molecule has 0 aliphatic carbocycles. The summed E-state index contributed by atoms with van der Waals surface area (Å²) in [7, 11) is 1.38. The third kappa shape index (κ3) is 2.19. The fourth-order valence-corrected chi connectivity index (χ4v) is 1.26. The Labute approximate surface area is 72.2 Å². The Morgan fingerprint density at radius 3 is 2.83 bits per heavy atom. The van der Waals surface area contributed by atoms with Gasteiger partial charge in [0.2, 0.25) is 0 Å². The summed E-state index contributed by atoms with van der Waals surface area (Å²) >= 11 is 0. The molecule has 4 heteroatoms. The van der Waals surface area contributed by atoms with Crippen LogP contribution in [-0.4, -0.2) is 37.9 Å². The summed E-state index contributed by atoms with van der Waals surface area (Å²) < 4.78 is 9.86. The monoisotopic (exact) mass is 173 g/mol. The minimum Gasteiger partial charge on any atom is -0.468 e. The zero-order valence-electron chi connectivity index (χ0n) is 7.72. The number of carbonyl (C=O) groups excluding carboxylic acids is 1. The molecule has 1 rings (SSSR count). The molecular weight excluding hydrogens is 158 g/mol. The molecule has 0 aromatic carbocycles. The number of hydrogen-bond acceptors (Lipinski definition) is 4. The van der Waals surface area contributed by atoms with Crippen molar-refractivity contribution in [2.75, 3.05) is 20.3 Å². The van der Waals surface area contributed by atoms with Gasteiger partial charge in [0.1, 0.15) is 6.04 Å². The zero-order valence-corrected chi connectivity index (χ0v) is 7.72. The van der Waals surface area contributed by atoms with Crippen LogP contribution in [0.1, 0.15) is 13.8 Å². The van der Waals surface area contributed by atoms with Gasteiger partial charge in [-0.1, -0.05) is 0 Å². The number of esters is 1. The number of carbonyl (C=O) groups is 1. The van der Waals surface area contributed by atoms with Crippen LogP contribution in [0.2, 0.25) is 0 Å². The number of rotatable bonds is 1. The first kappa shape index (κ1) is 9.48. The van der Waals surface area contributed by atoms with Crippen LogP contribution >= 0.6 is 0 Å². The first-order chi connectivity index (χ1) is 5.55. The molecule has 0 aromatic heterocycles. The SMILES string of the molecule is COC(=O)[C@H]1COCC(C)(C)N1. The molecule has 1 aliphatic rings. The summed E-state index contributed by atoms with van der Waals surface area (Å²) in [6.07, 6.45) is 0. The van der Waals surface area contributed by atoms with Crippen LogP contribution in [0.25, 0.3) is 0 Å². The normalized spacial score (nSPS) is 28.1. The average molecular weight is 173 g/mol. The molecule has 0 saturated carbocycles. The van der Waals surface area contributed by atoms with Crippen molar-refractivity contribution < 1.29 is 14.3 Å². The van der Waals surface area contributed by atoms with E-state index in [-0.39, 0.29) is 17.6 Å². The van der Waals surface area contributed by atoms with Crippen molar-refractivity contribution in [3.05, 3.63) is 0 Å². The summed E-state index contributed by atoms with van der Waals surface area (Å²) in [5.74, 6) is -0.261. The van der Waals surface area contributed by atoms with E-state index in [0.29, 0.717) is 13.2 Å². The molecule has 4 nitrogen and oxygen atoms in total. The van der Waals surface area contributed by atoms with Gasteiger partial charge in [-0.2, -0.15) is 0 Å². The molecule has 12 heavy (non-hydrogen) atoms. The molecule has 1 saturated heterocycles. The minimum absolute atomic E-state index is 0.142. The van der Waals surface area contributed by atoms with Crippen molar-refractivity contribution in [2.24, 2.45) is 0 Å². The van der Waals surface area contributed by atoms with E-state index in [1.54, 1.807) is 0 Å². The number of ether oxygens (including phenoxy) is 2. The van der Waals surface area contributed by atoms with Crippen LogP contribution in [-0.2, 0) is 14.3 Å². The van der Waals surface area contributed by atoms with Gasteiger partial charge in [0.15, 0.2) is 0 Å². The van der Waals surface area contributed by atoms with Crippen LogP contribution in [0.3, 0.4) is 0 Å². The molecular formula is C8H15NO3. The molecule has 0 radical (unpaired) electrons. The quantitative estimate of drug-likeness (QED) is 0.564. The summed E-state index contributed by atoms with van der Waals surface area (Å²) in [5.41, 5.74) is -0.142. The highest BCUT2D eigenvalue weighted by Gasteiger charge is 2.32. The topological polar surface area (TPSA) is 47.6 Å². The Bertz CT molecular complexity index is 179. The van der Waals surface area contributed by atoms with E-state index in [0.717, 1.165) is 0 Å². The van der Waals surface area contributed by atoms with Crippen LogP contribution in [0, 0.1) is 0 Å². The van der Waals surface area contributed by atoms with E-state index in [9.17, 15) is 4.79 Å². The molecule has 70 valence electrons. The van der Waals surface area contributed by atoms with Gasteiger partial charge in [-0.25, -0.2) is 0 Å². The predicted octanol–water partition coefficient (Wildman–Crippen LogP) is -0.0736. The van der Waals surface area contributed by atoms with E-state index >= 15 is 0 Å². The van der Waals surface area contributed by atoms with Crippen molar-refractivity contribution in [1.29, 1.82) is 0 Å². The Kier molecular flexibility index (Phi) is 2.69. The molecule has 0 spiro atoms. The second kappa shape index (κ2) is 3.41. The second-order valence-corrected chi connectivity index (χ2v) is 3.62. The molecule has 1 atom stereocenters. The third-order valence-electron chi connectivity index (χ3n) is 1.80. The van der Waals surface area contributed by atoms with E-state index in [1.807, 2.05) is 13.8 Å². The molecule has 0 bridgehead atoms. The van der Waals surface area contributed by atoms with Gasteiger partial charge in [0.25, 0.3) is 0 Å². The summed E-state index contributed by atoms with van der Waals surface area (Å²) in [6.45, 7) is 5.00. The zero-order chi connectivity index (χ0) is 9.19. The molecule has 0 aromatic rings. The lowest BCUT2D eigenvalue weighted by molar-refractivity contribution is -0.148. The largest absolute Gasteiger partial charge is 0.468 e. The van der Waals surface area contributed by atoms with Crippen LogP contribution in [0.15, 0.2) is 0 Å². The van der Waals surface area contributed by atoms with E-state index in [1.165, 1.54) is 7.11 Å². The predicted molar refractivity (Wildman–Crippen MR) is 43.8 cm³/mol. The summed E-state index contributed by atoms with van der Waals surface area (Å²) in [5, 5.41) is 3.14. The lowest BCUT2D eigenvalue weighted by atomic mass is 10.0. The van der Waals surface area contributed by atoms with Crippen molar-refractivity contribution in [3.8, 4) is 0 Å². The molecule has 1 heterocycles. The highest BCUT2D eigenvalue weighted by molar-refractivity contribution is 5.76. The average Bonchev–Trinajstić information content (AvgIpc) is 2.01. The molecule has 1 aliphatic heterocycles. The van der Waals surface area contributed by atoms with Gasteiger partial charge in [-0.3, -0.25) is 10.1 Å². The van der Waals surface area contributed by atoms with Crippen molar-refractivity contribution >= 4 is 5.97 Å². The first-order valence-corrected chi connectivity index (χ1v) is 3.98. The molecule has 0 amide bonds. The van der Waals surface area contributed by atoms with Crippen molar-refractivity contribution in [2.45, 2.75) is 25.4 Å². The molecule has 1 fully saturated rings. The van der Waals surface area contributed by atoms with Crippen molar-refractivity contribution in [1.82, 2.24) is 5.32 Å². The number of morpholine rings is 1.